The summed E-state index contributed by atoms with van der Waals surface area (Å²) in [6.07, 6.45) is 5.18. The van der Waals surface area contributed by atoms with E-state index in [2.05, 4.69) is 19.0 Å². The van der Waals surface area contributed by atoms with Gasteiger partial charge in [0.1, 0.15) is 0 Å². The first-order valence-corrected chi connectivity index (χ1v) is 4.14. The van der Waals surface area contributed by atoms with Crippen LogP contribution < -0.4 is 5.73 Å². The van der Waals surface area contributed by atoms with Crippen molar-refractivity contribution in [2.75, 3.05) is 14.1 Å². The van der Waals surface area contributed by atoms with Crippen LogP contribution in [-0.4, -0.2) is 31.1 Å². The molecule has 1 unspecified atom stereocenters. The molecule has 0 heterocycles. The second kappa shape index (κ2) is 3.35. The third-order valence-electron chi connectivity index (χ3n) is 2.44. The van der Waals surface area contributed by atoms with Gasteiger partial charge in [-0.15, -0.1) is 0 Å². The van der Waals surface area contributed by atoms with Crippen molar-refractivity contribution in [2.45, 2.75) is 37.8 Å². The summed E-state index contributed by atoms with van der Waals surface area (Å²) < 4.78 is 0. The number of nitrogens with zero attached hydrogens (tertiary/aromatic N) is 1. The van der Waals surface area contributed by atoms with Crippen LogP contribution in [0.3, 0.4) is 0 Å². The zero-order chi connectivity index (χ0) is 7.56. The van der Waals surface area contributed by atoms with Gasteiger partial charge in [0.05, 0.1) is 0 Å². The van der Waals surface area contributed by atoms with Gasteiger partial charge in [0, 0.05) is 12.1 Å². The van der Waals surface area contributed by atoms with Gasteiger partial charge in [-0.05, 0) is 26.9 Å². The molecule has 2 nitrogen and oxygen atoms in total. The molecular weight excluding hydrogens is 124 g/mol. The van der Waals surface area contributed by atoms with Crippen molar-refractivity contribution in [3.63, 3.8) is 0 Å². The summed E-state index contributed by atoms with van der Waals surface area (Å²) in [5.41, 5.74) is 5.94. The van der Waals surface area contributed by atoms with E-state index in [1.165, 1.54) is 25.7 Å². The summed E-state index contributed by atoms with van der Waals surface area (Å²) in [6.45, 7) is 0. The molecule has 0 amide bonds. The lowest BCUT2D eigenvalue weighted by atomic mass is 9.90. The molecule has 0 spiro atoms. The number of hydrogen-bond donors (Lipinski definition) is 1. The van der Waals surface area contributed by atoms with Gasteiger partial charge in [0.15, 0.2) is 0 Å². The maximum atomic E-state index is 5.94. The fourth-order valence-corrected chi connectivity index (χ4v) is 1.78. The molecule has 2 heteroatoms. The van der Waals surface area contributed by atoms with E-state index in [9.17, 15) is 0 Å². The second-order valence-electron chi connectivity index (χ2n) is 3.48. The molecule has 1 fully saturated rings. The normalized spacial score (nSPS) is 34.8. The third-order valence-corrected chi connectivity index (χ3v) is 2.44. The summed E-state index contributed by atoms with van der Waals surface area (Å²) >= 11 is 0. The Bertz CT molecular complexity index is 101. The van der Waals surface area contributed by atoms with Gasteiger partial charge in [-0.3, -0.25) is 0 Å². The highest BCUT2D eigenvalue weighted by molar-refractivity contribution is 4.82. The minimum absolute atomic E-state index is 0.420. The van der Waals surface area contributed by atoms with Gasteiger partial charge in [0.25, 0.3) is 0 Å². The minimum atomic E-state index is 0.420. The monoisotopic (exact) mass is 142 g/mol. The molecule has 1 saturated carbocycles. The van der Waals surface area contributed by atoms with Crippen molar-refractivity contribution in [1.29, 1.82) is 0 Å². The van der Waals surface area contributed by atoms with E-state index in [4.69, 9.17) is 5.73 Å². The van der Waals surface area contributed by atoms with Crippen LogP contribution >= 0.6 is 0 Å². The lowest BCUT2D eigenvalue weighted by Crippen LogP contribution is -2.46. The Labute approximate surface area is 63.4 Å². The minimum Gasteiger partial charge on any atom is -0.326 e. The van der Waals surface area contributed by atoms with E-state index in [0.717, 1.165) is 0 Å². The van der Waals surface area contributed by atoms with Crippen LogP contribution in [0.15, 0.2) is 0 Å². The molecule has 0 aromatic rings. The highest BCUT2D eigenvalue weighted by Crippen LogP contribution is 2.19. The van der Waals surface area contributed by atoms with Crippen LogP contribution in [0.4, 0.5) is 0 Å². The molecule has 10 heavy (non-hydrogen) atoms. The molecule has 0 aromatic carbocycles. The molecule has 1 aliphatic carbocycles. The van der Waals surface area contributed by atoms with Crippen LogP contribution in [0, 0.1) is 0 Å². The zero-order valence-corrected chi connectivity index (χ0v) is 7.01. The Hall–Kier alpha value is -0.0800. The molecule has 0 aliphatic heterocycles. The average Bonchev–Trinajstić information content (AvgIpc) is 1.88. The van der Waals surface area contributed by atoms with Crippen LogP contribution in [0.25, 0.3) is 0 Å². The maximum Gasteiger partial charge on any atom is 0.0241 e. The maximum absolute atomic E-state index is 5.94. The Kier molecular flexibility index (Phi) is 2.69. The fourth-order valence-electron chi connectivity index (χ4n) is 1.78. The van der Waals surface area contributed by atoms with Gasteiger partial charge in [-0.2, -0.15) is 0 Å². The van der Waals surface area contributed by atoms with Gasteiger partial charge in [0.2, 0.25) is 0 Å². The van der Waals surface area contributed by atoms with E-state index in [1.54, 1.807) is 0 Å². The van der Waals surface area contributed by atoms with E-state index in [1.807, 2.05) is 0 Å². The van der Waals surface area contributed by atoms with E-state index >= 15 is 0 Å². The number of hydrogen-bond acceptors (Lipinski definition) is 2. The van der Waals surface area contributed by atoms with Crippen molar-refractivity contribution in [3.05, 3.63) is 0 Å². The standard InChI is InChI=1S/C8H18N2/c1-10(2)8-6-4-3-5-7(8)9/h7-8H,3-6,9H2,1-2H3/t7?,8-/m0/s1. The summed E-state index contributed by atoms with van der Waals surface area (Å²) in [4.78, 5) is 2.25. The zero-order valence-electron chi connectivity index (χ0n) is 7.01. The molecule has 0 aromatic heterocycles. The second-order valence-corrected chi connectivity index (χ2v) is 3.48. The van der Waals surface area contributed by atoms with Crippen molar-refractivity contribution >= 4 is 0 Å². The Morgan fingerprint density at radius 1 is 1.20 bits per heavy atom. The molecule has 0 saturated heterocycles. The predicted octanol–water partition coefficient (Wildman–Crippen LogP) is 0.818. The van der Waals surface area contributed by atoms with Gasteiger partial charge in [-0.25, -0.2) is 0 Å². The molecule has 1 rings (SSSR count). The molecular formula is C8H18N2. The van der Waals surface area contributed by atoms with Crippen LogP contribution in [0.2, 0.25) is 0 Å². The lowest BCUT2D eigenvalue weighted by molar-refractivity contribution is 0.201. The summed E-state index contributed by atoms with van der Waals surface area (Å²) in [6, 6.07) is 1.05. The van der Waals surface area contributed by atoms with Crippen molar-refractivity contribution in [1.82, 2.24) is 4.90 Å². The summed E-state index contributed by atoms with van der Waals surface area (Å²) in [5, 5.41) is 0. The molecule has 60 valence electrons. The first-order chi connectivity index (χ1) is 4.72. The van der Waals surface area contributed by atoms with E-state index in [-0.39, 0.29) is 0 Å². The van der Waals surface area contributed by atoms with Crippen molar-refractivity contribution in [2.24, 2.45) is 5.73 Å². The Morgan fingerprint density at radius 3 is 2.20 bits per heavy atom. The molecule has 1 aliphatic rings. The number of likely N-dealkylation sites (N-methyl/N-ethyl adjacent to an activating group) is 1. The van der Waals surface area contributed by atoms with Crippen LogP contribution in [-0.2, 0) is 0 Å². The lowest BCUT2D eigenvalue weighted by Gasteiger charge is -2.33. The highest BCUT2D eigenvalue weighted by Gasteiger charge is 2.22. The topological polar surface area (TPSA) is 29.3 Å². The van der Waals surface area contributed by atoms with E-state index in [0.29, 0.717) is 12.1 Å². The molecule has 2 N–H and O–H groups in total. The molecule has 0 bridgehead atoms. The SMILES string of the molecule is CN(C)[C@H]1CCCCC1N. The Morgan fingerprint density at radius 2 is 1.80 bits per heavy atom. The van der Waals surface area contributed by atoms with Gasteiger partial charge >= 0.3 is 0 Å². The van der Waals surface area contributed by atoms with Crippen molar-refractivity contribution < 1.29 is 0 Å². The summed E-state index contributed by atoms with van der Waals surface area (Å²) in [7, 11) is 4.24. The third kappa shape index (κ3) is 1.70. The number of nitrogens with two attached hydrogens (primary N) is 1. The first kappa shape index (κ1) is 8.02. The van der Waals surface area contributed by atoms with Gasteiger partial charge < -0.3 is 10.6 Å². The Balaban J connectivity index is 2.40. The predicted molar refractivity (Wildman–Crippen MR) is 43.9 cm³/mol. The molecule has 2 atom stereocenters. The van der Waals surface area contributed by atoms with Crippen LogP contribution in [0.5, 0.6) is 0 Å². The molecule has 0 radical (unpaired) electrons. The number of rotatable bonds is 1. The average molecular weight is 142 g/mol. The largest absolute Gasteiger partial charge is 0.326 e. The van der Waals surface area contributed by atoms with Crippen LogP contribution in [0.1, 0.15) is 25.7 Å². The highest BCUT2D eigenvalue weighted by atomic mass is 15.1. The van der Waals surface area contributed by atoms with E-state index < -0.39 is 0 Å². The quantitative estimate of drug-likeness (QED) is 0.587. The first-order valence-electron chi connectivity index (χ1n) is 4.14. The smallest absolute Gasteiger partial charge is 0.0241 e. The fraction of sp³-hybridized carbons (Fsp3) is 1.00. The van der Waals surface area contributed by atoms with Crippen molar-refractivity contribution in [3.8, 4) is 0 Å². The van der Waals surface area contributed by atoms with Gasteiger partial charge in [-0.1, -0.05) is 12.8 Å². The summed E-state index contributed by atoms with van der Waals surface area (Å²) in [5.74, 6) is 0.